The average molecular weight is 465 g/mol. The smallest absolute Gasteiger partial charge is 0.295 e. The molecular formula is C27H32N2O5. The number of nitrogens with zero attached hydrogens (tertiary/aromatic N) is 2. The first kappa shape index (κ1) is 24.0. The lowest BCUT2D eigenvalue weighted by Gasteiger charge is -2.31. The van der Waals surface area contributed by atoms with Gasteiger partial charge in [-0.1, -0.05) is 44.2 Å². The fourth-order valence-corrected chi connectivity index (χ4v) is 4.29. The van der Waals surface area contributed by atoms with E-state index in [0.717, 1.165) is 18.7 Å². The number of hydrogen-bond donors (Lipinski definition) is 1. The number of ether oxygens (including phenoxy) is 2. The Hall–Kier alpha value is -3.16. The predicted molar refractivity (Wildman–Crippen MR) is 129 cm³/mol. The number of morpholine rings is 1. The highest BCUT2D eigenvalue weighted by molar-refractivity contribution is 6.46. The second kappa shape index (κ2) is 10.8. The van der Waals surface area contributed by atoms with Crippen LogP contribution < -0.4 is 4.74 Å². The van der Waals surface area contributed by atoms with E-state index in [2.05, 4.69) is 18.7 Å². The largest absolute Gasteiger partial charge is 0.507 e. The summed E-state index contributed by atoms with van der Waals surface area (Å²) in [5.74, 6) is -0.325. The number of aliphatic hydroxyl groups is 1. The number of Topliss-reactive ketones (excluding diaryl/α,β-unsaturated/α-hetero) is 1. The maximum Gasteiger partial charge on any atom is 0.295 e. The third kappa shape index (κ3) is 5.32. The number of carbonyl (C=O) groups is 2. The summed E-state index contributed by atoms with van der Waals surface area (Å²) in [5.41, 5.74) is 1.39. The van der Waals surface area contributed by atoms with Crippen molar-refractivity contribution in [3.63, 3.8) is 0 Å². The summed E-state index contributed by atoms with van der Waals surface area (Å²) < 4.78 is 11.1. The van der Waals surface area contributed by atoms with E-state index in [4.69, 9.17) is 9.47 Å². The maximum absolute atomic E-state index is 13.1. The van der Waals surface area contributed by atoms with Crippen molar-refractivity contribution in [2.24, 2.45) is 5.92 Å². The monoisotopic (exact) mass is 464 g/mol. The SMILES string of the molecule is CC(C)COc1ccc(C(O)=C2C(=O)C(=O)N(CCN3CCOCC3)C2c2ccccc2)cc1. The van der Waals surface area contributed by atoms with Crippen LogP contribution in [-0.4, -0.2) is 72.6 Å². The highest BCUT2D eigenvalue weighted by Crippen LogP contribution is 2.39. The van der Waals surface area contributed by atoms with Crippen molar-refractivity contribution in [2.45, 2.75) is 19.9 Å². The zero-order valence-corrected chi connectivity index (χ0v) is 19.8. The van der Waals surface area contributed by atoms with Gasteiger partial charge in [-0.15, -0.1) is 0 Å². The highest BCUT2D eigenvalue weighted by Gasteiger charge is 2.45. The van der Waals surface area contributed by atoms with Crippen LogP contribution in [0.1, 0.15) is 31.0 Å². The fraction of sp³-hybridized carbons (Fsp3) is 0.407. The van der Waals surface area contributed by atoms with Crippen molar-refractivity contribution in [1.29, 1.82) is 0 Å². The van der Waals surface area contributed by atoms with Gasteiger partial charge in [0.2, 0.25) is 0 Å². The van der Waals surface area contributed by atoms with Crippen molar-refractivity contribution in [1.82, 2.24) is 9.80 Å². The molecule has 2 fully saturated rings. The summed E-state index contributed by atoms with van der Waals surface area (Å²) in [6.45, 7) is 8.69. The van der Waals surface area contributed by atoms with E-state index in [1.807, 2.05) is 30.3 Å². The van der Waals surface area contributed by atoms with Gasteiger partial charge in [0.25, 0.3) is 11.7 Å². The Bertz CT molecular complexity index is 1030. The van der Waals surface area contributed by atoms with Crippen LogP contribution >= 0.6 is 0 Å². The standard InChI is InChI=1S/C27H32N2O5/c1-19(2)18-34-22-10-8-21(9-11-22)25(30)23-24(20-6-4-3-5-7-20)29(27(32)26(23)31)13-12-28-14-16-33-17-15-28/h3-11,19,24,30H,12-18H2,1-2H3. The fourth-order valence-electron chi connectivity index (χ4n) is 4.29. The Labute approximate surface area is 200 Å². The van der Waals surface area contributed by atoms with Crippen molar-refractivity contribution in [3.05, 3.63) is 71.3 Å². The van der Waals surface area contributed by atoms with Crippen LogP contribution in [0.2, 0.25) is 0 Å². The van der Waals surface area contributed by atoms with Gasteiger partial charge in [0.15, 0.2) is 0 Å². The molecule has 1 amide bonds. The third-order valence-corrected chi connectivity index (χ3v) is 6.13. The van der Waals surface area contributed by atoms with Gasteiger partial charge in [0.05, 0.1) is 31.4 Å². The lowest BCUT2D eigenvalue weighted by molar-refractivity contribution is -0.140. The Morgan fingerprint density at radius 1 is 1.03 bits per heavy atom. The third-order valence-electron chi connectivity index (χ3n) is 6.13. The van der Waals surface area contributed by atoms with E-state index in [0.29, 0.717) is 50.1 Å². The van der Waals surface area contributed by atoms with Crippen molar-refractivity contribution < 1.29 is 24.2 Å². The van der Waals surface area contributed by atoms with Crippen LogP contribution in [0.5, 0.6) is 5.75 Å². The van der Waals surface area contributed by atoms with Crippen LogP contribution in [-0.2, 0) is 14.3 Å². The molecule has 2 aliphatic rings. The maximum atomic E-state index is 13.1. The Kier molecular flexibility index (Phi) is 7.65. The molecule has 7 heteroatoms. The molecule has 0 aromatic heterocycles. The molecule has 0 radical (unpaired) electrons. The zero-order chi connectivity index (χ0) is 24.1. The van der Waals surface area contributed by atoms with Crippen LogP contribution in [0.3, 0.4) is 0 Å². The van der Waals surface area contributed by atoms with Crippen LogP contribution in [0.25, 0.3) is 5.76 Å². The number of ketones is 1. The number of rotatable bonds is 8. The van der Waals surface area contributed by atoms with E-state index < -0.39 is 17.7 Å². The number of likely N-dealkylation sites (tertiary alicyclic amines) is 1. The summed E-state index contributed by atoms with van der Waals surface area (Å²) in [4.78, 5) is 30.0. The van der Waals surface area contributed by atoms with Crippen LogP contribution in [0, 0.1) is 5.92 Å². The lowest BCUT2D eigenvalue weighted by Crippen LogP contribution is -2.42. The topological polar surface area (TPSA) is 79.3 Å². The van der Waals surface area contributed by atoms with Gasteiger partial charge >= 0.3 is 0 Å². The molecule has 2 heterocycles. The van der Waals surface area contributed by atoms with Gasteiger partial charge in [-0.3, -0.25) is 14.5 Å². The number of aliphatic hydroxyl groups excluding tert-OH is 1. The zero-order valence-electron chi connectivity index (χ0n) is 19.8. The van der Waals surface area contributed by atoms with Gasteiger partial charge in [-0.05, 0) is 35.7 Å². The van der Waals surface area contributed by atoms with E-state index in [9.17, 15) is 14.7 Å². The second-order valence-corrected chi connectivity index (χ2v) is 9.09. The molecule has 0 spiro atoms. The molecule has 7 nitrogen and oxygen atoms in total. The van der Waals surface area contributed by atoms with E-state index in [1.54, 1.807) is 29.2 Å². The first-order valence-electron chi connectivity index (χ1n) is 11.8. The minimum atomic E-state index is -0.659. The van der Waals surface area contributed by atoms with Gasteiger partial charge in [-0.25, -0.2) is 0 Å². The molecule has 1 N–H and O–H groups in total. The molecular weight excluding hydrogens is 432 g/mol. The summed E-state index contributed by atoms with van der Waals surface area (Å²) in [6.07, 6.45) is 0. The molecule has 0 saturated carbocycles. The first-order chi connectivity index (χ1) is 16.5. The molecule has 2 aromatic carbocycles. The number of hydrogen-bond acceptors (Lipinski definition) is 6. The predicted octanol–water partition coefficient (Wildman–Crippen LogP) is 3.48. The van der Waals surface area contributed by atoms with Gasteiger partial charge < -0.3 is 19.5 Å². The van der Waals surface area contributed by atoms with Gasteiger partial charge in [0.1, 0.15) is 11.5 Å². The average Bonchev–Trinajstić information content (AvgIpc) is 3.12. The summed E-state index contributed by atoms with van der Waals surface area (Å²) in [6, 6.07) is 15.7. The quantitative estimate of drug-likeness (QED) is 0.366. The molecule has 2 aromatic rings. The second-order valence-electron chi connectivity index (χ2n) is 9.09. The minimum absolute atomic E-state index is 0.119. The van der Waals surface area contributed by atoms with Crippen molar-refractivity contribution in [2.75, 3.05) is 46.0 Å². The summed E-state index contributed by atoms with van der Waals surface area (Å²) in [5, 5.41) is 11.2. The Balaban J connectivity index is 1.64. The Morgan fingerprint density at radius 3 is 2.35 bits per heavy atom. The van der Waals surface area contributed by atoms with Crippen LogP contribution in [0.4, 0.5) is 0 Å². The van der Waals surface area contributed by atoms with Crippen molar-refractivity contribution in [3.8, 4) is 5.75 Å². The molecule has 1 unspecified atom stereocenters. The van der Waals surface area contributed by atoms with Gasteiger partial charge in [0, 0.05) is 31.7 Å². The number of carbonyl (C=O) groups excluding carboxylic acids is 2. The van der Waals surface area contributed by atoms with Crippen LogP contribution in [0.15, 0.2) is 60.2 Å². The minimum Gasteiger partial charge on any atom is -0.507 e. The van der Waals surface area contributed by atoms with E-state index >= 15 is 0 Å². The van der Waals surface area contributed by atoms with E-state index in [-0.39, 0.29) is 11.3 Å². The number of benzene rings is 2. The lowest BCUT2D eigenvalue weighted by atomic mass is 9.95. The van der Waals surface area contributed by atoms with E-state index in [1.165, 1.54) is 0 Å². The molecule has 0 bridgehead atoms. The van der Waals surface area contributed by atoms with Gasteiger partial charge in [-0.2, -0.15) is 0 Å². The normalized spacial score (nSPS) is 20.8. The number of amides is 1. The highest BCUT2D eigenvalue weighted by atomic mass is 16.5. The summed E-state index contributed by atoms with van der Waals surface area (Å²) >= 11 is 0. The summed E-state index contributed by atoms with van der Waals surface area (Å²) in [7, 11) is 0. The molecule has 4 rings (SSSR count). The molecule has 2 saturated heterocycles. The molecule has 0 aliphatic carbocycles. The molecule has 1 atom stereocenters. The van der Waals surface area contributed by atoms with Crippen molar-refractivity contribution >= 4 is 17.4 Å². The first-order valence-corrected chi connectivity index (χ1v) is 11.8. The molecule has 180 valence electrons. The molecule has 2 aliphatic heterocycles. The Morgan fingerprint density at radius 2 is 1.71 bits per heavy atom. The molecule has 34 heavy (non-hydrogen) atoms.